The molecule has 2 amide bonds. The van der Waals surface area contributed by atoms with Gasteiger partial charge in [0.2, 0.25) is 0 Å². The molecule has 0 radical (unpaired) electrons. The second kappa shape index (κ2) is 7.14. The zero-order chi connectivity index (χ0) is 17.9. The van der Waals surface area contributed by atoms with Gasteiger partial charge in [-0.2, -0.15) is 13.2 Å². The molecule has 1 aromatic carbocycles. The highest BCUT2D eigenvalue weighted by Gasteiger charge is 2.27. The van der Waals surface area contributed by atoms with Gasteiger partial charge in [0.05, 0.1) is 5.02 Å². The molecule has 0 saturated carbocycles. The predicted molar refractivity (Wildman–Crippen MR) is 83.6 cm³/mol. The Kier molecular flexibility index (Phi) is 5.40. The number of H-pyrrole nitrogens is 1. The van der Waals surface area contributed by atoms with Crippen molar-refractivity contribution < 1.29 is 22.8 Å². The lowest BCUT2D eigenvalue weighted by molar-refractivity contribution is -0.123. The molecule has 0 atom stereocenters. The van der Waals surface area contributed by atoms with Gasteiger partial charge in [-0.1, -0.05) is 29.3 Å². The van der Waals surface area contributed by atoms with E-state index in [1.54, 1.807) is 5.32 Å². The van der Waals surface area contributed by atoms with Crippen molar-refractivity contribution >= 4 is 40.7 Å². The third kappa shape index (κ3) is 4.90. The molecule has 1 aromatic heterocycles. The van der Waals surface area contributed by atoms with Gasteiger partial charge in [0.1, 0.15) is 17.4 Å². The summed E-state index contributed by atoms with van der Waals surface area (Å²) in [5.41, 5.74) is 0.290. The number of benzene rings is 1. The maximum absolute atomic E-state index is 12.1. The van der Waals surface area contributed by atoms with E-state index in [-0.39, 0.29) is 27.1 Å². The normalized spacial score (nSPS) is 11.2. The Hall–Kier alpha value is -2.19. The summed E-state index contributed by atoms with van der Waals surface area (Å²) in [5, 5.41) is 4.49. The number of aromatic amines is 1. The molecule has 0 aliphatic heterocycles. The van der Waals surface area contributed by atoms with Gasteiger partial charge in [-0.05, 0) is 24.3 Å². The van der Waals surface area contributed by atoms with E-state index in [9.17, 15) is 22.8 Å². The minimum absolute atomic E-state index is 0.0281. The van der Waals surface area contributed by atoms with Crippen LogP contribution in [0.3, 0.4) is 0 Å². The lowest BCUT2D eigenvalue weighted by Gasteiger charge is -2.09. The van der Waals surface area contributed by atoms with Crippen molar-refractivity contribution in [2.75, 3.05) is 11.9 Å². The molecule has 0 fully saturated rings. The third-order valence-electron chi connectivity index (χ3n) is 2.80. The predicted octanol–water partition coefficient (Wildman–Crippen LogP) is 3.87. The van der Waals surface area contributed by atoms with Crippen LogP contribution in [0.4, 0.5) is 18.9 Å². The van der Waals surface area contributed by atoms with Crippen LogP contribution in [-0.2, 0) is 0 Å². The summed E-state index contributed by atoms with van der Waals surface area (Å²) in [6.07, 6.45) is -4.51. The monoisotopic (exact) mass is 379 g/mol. The van der Waals surface area contributed by atoms with Crippen molar-refractivity contribution in [3.63, 3.8) is 0 Å². The van der Waals surface area contributed by atoms with Gasteiger partial charge in [0.15, 0.2) is 0 Å². The van der Waals surface area contributed by atoms with E-state index in [0.29, 0.717) is 0 Å². The average Bonchev–Trinajstić information content (AvgIpc) is 2.84. The summed E-state index contributed by atoms with van der Waals surface area (Å²) in [7, 11) is 0. The molecule has 3 N–H and O–H groups in total. The largest absolute Gasteiger partial charge is 0.405 e. The van der Waals surface area contributed by atoms with E-state index in [1.165, 1.54) is 30.3 Å². The number of carbonyl (C=O) groups excluding carboxylic acids is 2. The van der Waals surface area contributed by atoms with Crippen molar-refractivity contribution in [2.24, 2.45) is 0 Å². The number of amides is 2. The summed E-state index contributed by atoms with van der Waals surface area (Å²) in [6, 6.07) is 6.79. The van der Waals surface area contributed by atoms with Crippen LogP contribution in [0.15, 0.2) is 30.3 Å². The molecule has 24 heavy (non-hydrogen) atoms. The standard InChI is InChI=1S/C14H10Cl2F3N3O2/c15-9-5-10(22-11(9)16)13(24)21-8-3-1-2-7(4-8)12(23)20-6-14(17,18)19/h1-5,22H,6H2,(H,20,23)(H,21,24). The molecule has 0 bridgehead atoms. The fourth-order valence-electron chi connectivity index (χ4n) is 1.75. The molecule has 0 spiro atoms. The lowest BCUT2D eigenvalue weighted by Crippen LogP contribution is -2.33. The van der Waals surface area contributed by atoms with Gasteiger partial charge in [0, 0.05) is 11.3 Å². The zero-order valence-electron chi connectivity index (χ0n) is 11.8. The minimum atomic E-state index is -4.51. The molecule has 0 aliphatic carbocycles. The summed E-state index contributed by atoms with van der Waals surface area (Å²) in [6.45, 7) is -1.44. The van der Waals surface area contributed by atoms with Gasteiger partial charge < -0.3 is 15.6 Å². The first-order valence-corrected chi connectivity index (χ1v) is 7.21. The molecule has 2 rings (SSSR count). The van der Waals surface area contributed by atoms with E-state index in [2.05, 4.69) is 10.3 Å². The second-order valence-corrected chi connectivity index (χ2v) is 5.46. The Morgan fingerprint density at radius 3 is 2.42 bits per heavy atom. The molecular formula is C14H10Cl2F3N3O2. The smallest absolute Gasteiger partial charge is 0.343 e. The zero-order valence-corrected chi connectivity index (χ0v) is 13.3. The molecule has 2 aromatic rings. The number of anilines is 1. The quantitative estimate of drug-likeness (QED) is 0.754. The summed E-state index contributed by atoms with van der Waals surface area (Å²) in [4.78, 5) is 26.2. The Labute approximate surface area is 144 Å². The van der Waals surface area contributed by atoms with E-state index >= 15 is 0 Å². The molecule has 10 heteroatoms. The lowest BCUT2D eigenvalue weighted by atomic mass is 10.2. The van der Waals surface area contributed by atoms with E-state index in [0.717, 1.165) is 0 Å². The average molecular weight is 380 g/mol. The first-order valence-electron chi connectivity index (χ1n) is 6.46. The van der Waals surface area contributed by atoms with Crippen LogP contribution >= 0.6 is 23.2 Å². The number of hydrogen-bond acceptors (Lipinski definition) is 2. The molecular weight excluding hydrogens is 370 g/mol. The van der Waals surface area contributed by atoms with Crippen LogP contribution in [0.5, 0.6) is 0 Å². The van der Waals surface area contributed by atoms with E-state index in [4.69, 9.17) is 23.2 Å². The van der Waals surface area contributed by atoms with Crippen LogP contribution in [0.25, 0.3) is 0 Å². The van der Waals surface area contributed by atoms with Crippen LogP contribution in [-0.4, -0.2) is 29.5 Å². The molecule has 0 unspecified atom stereocenters. The third-order valence-corrected chi connectivity index (χ3v) is 3.49. The van der Waals surface area contributed by atoms with Crippen LogP contribution in [0.1, 0.15) is 20.8 Å². The van der Waals surface area contributed by atoms with Crippen molar-refractivity contribution in [3.8, 4) is 0 Å². The Balaban J connectivity index is 2.07. The summed E-state index contributed by atoms with van der Waals surface area (Å²) < 4.78 is 36.3. The van der Waals surface area contributed by atoms with Crippen LogP contribution in [0.2, 0.25) is 10.2 Å². The van der Waals surface area contributed by atoms with E-state index in [1.807, 2.05) is 0 Å². The van der Waals surface area contributed by atoms with Crippen molar-refractivity contribution in [2.45, 2.75) is 6.18 Å². The highest BCUT2D eigenvalue weighted by Crippen LogP contribution is 2.22. The number of nitrogens with one attached hydrogen (secondary N) is 3. The second-order valence-electron chi connectivity index (χ2n) is 4.68. The van der Waals surface area contributed by atoms with Crippen molar-refractivity contribution in [3.05, 3.63) is 51.8 Å². The molecule has 0 saturated heterocycles. The minimum Gasteiger partial charge on any atom is -0.343 e. The maximum atomic E-state index is 12.1. The number of hydrogen-bond donors (Lipinski definition) is 3. The number of aromatic nitrogens is 1. The summed E-state index contributed by atoms with van der Waals surface area (Å²) in [5.74, 6) is -1.48. The Morgan fingerprint density at radius 2 is 1.83 bits per heavy atom. The molecule has 5 nitrogen and oxygen atoms in total. The van der Waals surface area contributed by atoms with Crippen LogP contribution in [0, 0.1) is 0 Å². The highest BCUT2D eigenvalue weighted by molar-refractivity contribution is 6.41. The molecule has 1 heterocycles. The van der Waals surface area contributed by atoms with Crippen molar-refractivity contribution in [1.29, 1.82) is 0 Å². The summed E-state index contributed by atoms with van der Waals surface area (Å²) >= 11 is 11.4. The van der Waals surface area contributed by atoms with Crippen molar-refractivity contribution in [1.82, 2.24) is 10.3 Å². The maximum Gasteiger partial charge on any atom is 0.405 e. The van der Waals surface area contributed by atoms with Gasteiger partial charge in [-0.3, -0.25) is 9.59 Å². The number of carbonyl (C=O) groups is 2. The van der Waals surface area contributed by atoms with Crippen LogP contribution < -0.4 is 10.6 Å². The fourth-order valence-corrected chi connectivity index (χ4v) is 2.06. The first-order chi connectivity index (χ1) is 11.2. The van der Waals surface area contributed by atoms with Gasteiger partial charge >= 0.3 is 6.18 Å². The van der Waals surface area contributed by atoms with E-state index < -0.39 is 24.5 Å². The fraction of sp³-hybridized carbons (Fsp3) is 0.143. The van der Waals surface area contributed by atoms with Gasteiger partial charge in [-0.15, -0.1) is 0 Å². The van der Waals surface area contributed by atoms with Gasteiger partial charge in [0.25, 0.3) is 11.8 Å². The topological polar surface area (TPSA) is 74.0 Å². The molecule has 0 aliphatic rings. The molecule has 128 valence electrons. The first kappa shape index (κ1) is 18.2. The number of alkyl halides is 3. The van der Waals surface area contributed by atoms with Gasteiger partial charge in [-0.25, -0.2) is 0 Å². The Morgan fingerprint density at radius 1 is 1.12 bits per heavy atom. The highest BCUT2D eigenvalue weighted by atomic mass is 35.5. The number of halogens is 5. The SMILES string of the molecule is O=C(NCC(F)(F)F)c1cccc(NC(=O)c2cc(Cl)c(Cl)[nH]2)c1. The Bertz CT molecular complexity index is 755. The number of rotatable bonds is 4.